The van der Waals surface area contributed by atoms with Gasteiger partial charge in [0, 0.05) is 6.26 Å². The summed E-state index contributed by atoms with van der Waals surface area (Å²) < 4.78 is 27.2. The van der Waals surface area contributed by atoms with E-state index >= 15 is 0 Å². The lowest BCUT2D eigenvalue weighted by molar-refractivity contribution is -0.134. The van der Waals surface area contributed by atoms with Crippen LogP contribution < -0.4 is 10.6 Å². The lowest BCUT2D eigenvalue weighted by atomic mass is 10.7. The molecule has 100 valence electrons. The minimum atomic E-state index is -3.85. The Morgan fingerprint density at radius 1 is 1.61 bits per heavy atom. The Hall–Kier alpha value is -1.68. The Labute approximate surface area is 107 Å². The molecule has 18 heavy (non-hydrogen) atoms. The van der Waals surface area contributed by atoms with Crippen molar-refractivity contribution in [3.05, 3.63) is 5.38 Å². The number of aromatic nitrogens is 1. The second kappa shape index (κ2) is 5.78. The Balaban J connectivity index is 2.93. The van der Waals surface area contributed by atoms with Crippen molar-refractivity contribution < 1.29 is 22.8 Å². The molecule has 1 aromatic heterocycles. The van der Waals surface area contributed by atoms with Crippen LogP contribution >= 0.6 is 11.3 Å². The second-order valence-corrected chi connectivity index (χ2v) is 5.83. The number of hydrogen-bond donors (Lipinski definition) is 1. The summed E-state index contributed by atoms with van der Waals surface area (Å²) in [5.41, 5.74) is 5.35. The van der Waals surface area contributed by atoms with Crippen LogP contribution in [0.5, 0.6) is 5.88 Å². The lowest BCUT2D eigenvalue weighted by Crippen LogP contribution is -2.26. The number of rotatable bonds is 3. The first-order chi connectivity index (χ1) is 8.34. The number of thiazole rings is 1. The van der Waals surface area contributed by atoms with E-state index in [1.807, 2.05) is 0 Å². The van der Waals surface area contributed by atoms with Gasteiger partial charge in [-0.3, -0.25) is 0 Å². The largest absolute Gasteiger partial charge is 0.461 e. The quantitative estimate of drug-likeness (QED) is 0.361. The van der Waals surface area contributed by atoms with E-state index in [0.29, 0.717) is 0 Å². The van der Waals surface area contributed by atoms with Crippen LogP contribution in [0.3, 0.4) is 0 Å². The fourth-order valence-electron chi connectivity index (χ4n) is 0.851. The normalized spacial score (nSPS) is 12.2. The number of carbonyl (C=O) groups excluding carboxylic acids is 1. The fourth-order valence-corrected chi connectivity index (χ4v) is 1.85. The van der Waals surface area contributed by atoms with E-state index < -0.39 is 20.9 Å². The molecular weight excluding hydrogens is 282 g/mol. The van der Waals surface area contributed by atoms with Gasteiger partial charge in [0.05, 0.1) is 12.0 Å². The number of esters is 1. The van der Waals surface area contributed by atoms with Crippen LogP contribution in [0.2, 0.25) is 0 Å². The molecule has 8 nitrogen and oxygen atoms in total. The minimum absolute atomic E-state index is 0.00273. The Morgan fingerprint density at radius 3 is 2.72 bits per heavy atom. The molecule has 0 aliphatic heterocycles. The van der Waals surface area contributed by atoms with Crippen LogP contribution in [0.4, 0.5) is 5.13 Å². The van der Waals surface area contributed by atoms with Crippen LogP contribution in [0.25, 0.3) is 0 Å². The molecule has 0 amide bonds. The third kappa shape index (κ3) is 3.96. The third-order valence-electron chi connectivity index (χ3n) is 1.52. The number of sulfone groups is 1. The maximum Gasteiger partial charge on any atom is 0.372 e. The molecular formula is C8H11N3O5S2. The fraction of sp³-hybridized carbons (Fsp3) is 0.375. The molecule has 0 saturated heterocycles. The number of anilines is 1. The first-order valence-corrected chi connectivity index (χ1v) is 7.45. The molecule has 1 rings (SSSR count). The highest BCUT2D eigenvalue weighted by molar-refractivity contribution is 8.07. The van der Waals surface area contributed by atoms with E-state index in [2.05, 4.69) is 14.9 Å². The van der Waals surface area contributed by atoms with Gasteiger partial charge >= 0.3 is 5.97 Å². The van der Waals surface area contributed by atoms with E-state index in [1.165, 1.54) is 5.38 Å². The first kappa shape index (κ1) is 14.4. The standard InChI is InChI=1S/C8H11N3O5S2/c1-3-15-7(12)6(18(2,13)14)11-16-5-4-17-8(9)10-5/h4H,3H2,1-2H3,(H2,9,10). The number of oxime groups is 1. The Bertz CT molecular complexity index is 563. The first-order valence-electron chi connectivity index (χ1n) is 4.67. The van der Waals surface area contributed by atoms with E-state index in [-0.39, 0.29) is 17.6 Å². The topological polar surface area (TPSA) is 121 Å². The number of nitrogen functional groups attached to an aromatic ring is 1. The van der Waals surface area contributed by atoms with Gasteiger partial charge in [0.2, 0.25) is 9.84 Å². The van der Waals surface area contributed by atoms with Gasteiger partial charge in [0.25, 0.3) is 10.9 Å². The maximum atomic E-state index is 11.4. The Morgan fingerprint density at radius 2 is 2.28 bits per heavy atom. The lowest BCUT2D eigenvalue weighted by Gasteiger charge is -2.02. The summed E-state index contributed by atoms with van der Waals surface area (Å²) in [6.45, 7) is 1.57. The SMILES string of the molecule is CCOC(=O)C(=NOc1csc(N)n1)S(C)(=O)=O. The number of carbonyl (C=O) groups is 1. The Kier molecular flexibility index (Phi) is 4.62. The molecule has 2 N–H and O–H groups in total. The molecule has 10 heteroatoms. The third-order valence-corrected chi connectivity index (χ3v) is 3.12. The van der Waals surface area contributed by atoms with Gasteiger partial charge in [0.15, 0.2) is 5.13 Å². The van der Waals surface area contributed by atoms with Crippen molar-refractivity contribution in [1.29, 1.82) is 0 Å². The molecule has 0 aromatic carbocycles. The van der Waals surface area contributed by atoms with Crippen LogP contribution in [-0.4, -0.2) is 37.3 Å². The van der Waals surface area contributed by atoms with E-state index in [4.69, 9.17) is 10.6 Å². The summed E-state index contributed by atoms with van der Waals surface area (Å²) in [5.74, 6) is -1.08. The molecule has 0 unspecified atom stereocenters. The minimum Gasteiger partial charge on any atom is -0.461 e. The summed E-state index contributed by atoms with van der Waals surface area (Å²) >= 11 is 1.09. The van der Waals surface area contributed by atoms with Gasteiger partial charge in [0.1, 0.15) is 0 Å². The average Bonchev–Trinajstić information content (AvgIpc) is 2.63. The molecule has 0 radical (unpaired) electrons. The van der Waals surface area contributed by atoms with Crippen LogP contribution in [-0.2, 0) is 19.4 Å². The smallest absolute Gasteiger partial charge is 0.372 e. The molecule has 0 spiro atoms. The zero-order valence-electron chi connectivity index (χ0n) is 9.61. The molecule has 0 fully saturated rings. The zero-order chi connectivity index (χ0) is 13.8. The van der Waals surface area contributed by atoms with Crippen molar-refractivity contribution >= 4 is 37.3 Å². The number of hydrogen-bond acceptors (Lipinski definition) is 9. The van der Waals surface area contributed by atoms with Crippen molar-refractivity contribution in [3.8, 4) is 5.88 Å². The molecule has 0 atom stereocenters. The van der Waals surface area contributed by atoms with E-state index in [9.17, 15) is 13.2 Å². The summed E-state index contributed by atoms with van der Waals surface area (Å²) in [6, 6.07) is 0. The van der Waals surface area contributed by atoms with Crippen LogP contribution in [0.15, 0.2) is 10.5 Å². The molecule has 0 bridgehead atoms. The average molecular weight is 293 g/mol. The molecule has 1 heterocycles. The predicted octanol–water partition coefficient (Wildman–Crippen LogP) is 0.0253. The summed E-state index contributed by atoms with van der Waals surface area (Å²) in [5, 5.41) is 4.07. The monoisotopic (exact) mass is 293 g/mol. The zero-order valence-corrected chi connectivity index (χ0v) is 11.2. The predicted molar refractivity (Wildman–Crippen MR) is 66.1 cm³/mol. The highest BCUT2D eigenvalue weighted by Gasteiger charge is 2.25. The number of nitrogens with two attached hydrogens (primary N) is 1. The van der Waals surface area contributed by atoms with Gasteiger partial charge in [-0.2, -0.15) is 4.98 Å². The van der Waals surface area contributed by atoms with Gasteiger partial charge in [-0.15, -0.1) is 11.3 Å². The summed E-state index contributed by atoms with van der Waals surface area (Å²) in [6.07, 6.45) is 0.821. The van der Waals surface area contributed by atoms with Gasteiger partial charge < -0.3 is 15.3 Å². The summed E-state index contributed by atoms with van der Waals surface area (Å²) in [7, 11) is -3.85. The molecule has 0 aliphatic carbocycles. The van der Waals surface area contributed by atoms with E-state index in [1.54, 1.807) is 6.92 Å². The van der Waals surface area contributed by atoms with Crippen molar-refractivity contribution in [2.45, 2.75) is 6.92 Å². The number of nitrogens with zero attached hydrogens (tertiary/aromatic N) is 2. The summed E-state index contributed by atoms with van der Waals surface area (Å²) in [4.78, 5) is 19.8. The van der Waals surface area contributed by atoms with Gasteiger partial charge in [-0.25, -0.2) is 13.2 Å². The maximum absolute atomic E-state index is 11.4. The van der Waals surface area contributed by atoms with Gasteiger partial charge in [-0.05, 0) is 6.92 Å². The van der Waals surface area contributed by atoms with Crippen LogP contribution in [0.1, 0.15) is 6.92 Å². The van der Waals surface area contributed by atoms with Gasteiger partial charge in [-0.1, -0.05) is 5.16 Å². The van der Waals surface area contributed by atoms with Crippen molar-refractivity contribution in [2.75, 3.05) is 18.6 Å². The molecule has 0 aliphatic rings. The highest BCUT2D eigenvalue weighted by Crippen LogP contribution is 2.17. The van der Waals surface area contributed by atoms with Crippen LogP contribution in [0, 0.1) is 0 Å². The molecule has 0 saturated carbocycles. The van der Waals surface area contributed by atoms with E-state index in [0.717, 1.165) is 17.6 Å². The van der Waals surface area contributed by atoms with Crippen molar-refractivity contribution in [1.82, 2.24) is 4.98 Å². The van der Waals surface area contributed by atoms with Crippen molar-refractivity contribution in [3.63, 3.8) is 0 Å². The number of ether oxygens (including phenoxy) is 1. The van der Waals surface area contributed by atoms with Crippen molar-refractivity contribution in [2.24, 2.45) is 5.16 Å². The molecule has 1 aromatic rings. The highest BCUT2D eigenvalue weighted by atomic mass is 32.2. The second-order valence-electron chi connectivity index (χ2n) is 3.00.